The largest absolute Gasteiger partial charge is 0.348 e. The van der Waals surface area contributed by atoms with E-state index in [9.17, 15) is 0 Å². The van der Waals surface area contributed by atoms with Crippen molar-refractivity contribution in [3.63, 3.8) is 0 Å². The minimum absolute atomic E-state index is 1.00. The Morgan fingerprint density at radius 2 is 2.00 bits per heavy atom. The van der Waals surface area contributed by atoms with Crippen molar-refractivity contribution in [2.45, 2.75) is 12.8 Å². The van der Waals surface area contributed by atoms with E-state index in [0.29, 0.717) is 0 Å². The lowest BCUT2D eigenvalue weighted by Gasteiger charge is -2.11. The molecule has 0 saturated carbocycles. The van der Waals surface area contributed by atoms with E-state index >= 15 is 0 Å². The highest BCUT2D eigenvalue weighted by Crippen LogP contribution is 2.29. The summed E-state index contributed by atoms with van der Waals surface area (Å²) in [6, 6.07) is 0. The number of hydrogen-bond donors (Lipinski definition) is 0. The molecular weight excluding hydrogens is 226 g/mol. The Morgan fingerprint density at radius 3 is 2.73 bits per heavy atom. The summed E-state index contributed by atoms with van der Waals surface area (Å²) in [5.74, 6) is 0. The van der Waals surface area contributed by atoms with Gasteiger partial charge in [-0.05, 0) is 12.8 Å². The molecule has 1 fully saturated rings. The zero-order valence-corrected chi connectivity index (χ0v) is 9.85. The Balaban J connectivity index is 1.87. The highest BCUT2D eigenvalue weighted by Gasteiger charge is 2.16. The van der Waals surface area contributed by atoms with Crippen LogP contribution in [0, 0.1) is 0 Å². The third kappa shape index (κ3) is 1.77. The van der Waals surface area contributed by atoms with E-state index in [1.165, 1.54) is 12.8 Å². The van der Waals surface area contributed by atoms with Crippen molar-refractivity contribution < 1.29 is 0 Å². The summed E-state index contributed by atoms with van der Waals surface area (Å²) in [6.07, 6.45) is 2.59. The molecule has 5 heteroatoms. The molecule has 0 bridgehead atoms. The maximum Gasteiger partial charge on any atom is 0.185 e. The Hall–Kier alpha value is -0.940. The van der Waals surface area contributed by atoms with Crippen LogP contribution in [0.1, 0.15) is 12.8 Å². The maximum atomic E-state index is 4.62. The smallest absolute Gasteiger partial charge is 0.185 e. The Morgan fingerprint density at radius 1 is 1.13 bits per heavy atom. The summed E-state index contributed by atoms with van der Waals surface area (Å²) in [5, 5.41) is 5.29. The number of anilines is 1. The van der Waals surface area contributed by atoms with Crippen LogP contribution < -0.4 is 4.90 Å². The quantitative estimate of drug-likeness (QED) is 0.804. The number of thiazole rings is 2. The van der Waals surface area contributed by atoms with Crippen molar-refractivity contribution in [1.29, 1.82) is 0 Å². The van der Waals surface area contributed by atoms with Crippen molar-refractivity contribution in [3.8, 4) is 11.4 Å². The molecule has 0 spiro atoms. The molecule has 2 aromatic rings. The van der Waals surface area contributed by atoms with E-state index in [2.05, 4.69) is 20.2 Å². The minimum atomic E-state index is 1.00. The average molecular weight is 237 g/mol. The summed E-state index contributed by atoms with van der Waals surface area (Å²) < 4.78 is 0. The minimum Gasteiger partial charge on any atom is -0.348 e. The second-order valence-electron chi connectivity index (χ2n) is 3.58. The van der Waals surface area contributed by atoms with Gasteiger partial charge in [-0.3, -0.25) is 0 Å². The standard InChI is InChI=1S/C10H11N3S2/c1-2-4-13(3-1)10-12-9(6-15-10)8-5-14-7-11-8/h5-7H,1-4H2. The van der Waals surface area contributed by atoms with Gasteiger partial charge in [0, 0.05) is 23.8 Å². The number of rotatable bonds is 2. The SMILES string of the molecule is c1nc(-c2csc(N3CCCC3)n2)cs1. The molecule has 0 aliphatic carbocycles. The van der Waals surface area contributed by atoms with Gasteiger partial charge in [-0.25, -0.2) is 9.97 Å². The summed E-state index contributed by atoms with van der Waals surface area (Å²) in [4.78, 5) is 11.3. The predicted octanol–water partition coefficient (Wildman–Crippen LogP) is 2.87. The fourth-order valence-electron chi connectivity index (χ4n) is 1.77. The Labute approximate surface area is 96.4 Å². The fraction of sp³-hybridized carbons (Fsp3) is 0.400. The first kappa shape index (κ1) is 9.30. The molecule has 1 aliphatic heterocycles. The predicted molar refractivity (Wildman–Crippen MR) is 64.7 cm³/mol. The number of hydrogen-bond acceptors (Lipinski definition) is 5. The first-order chi connectivity index (χ1) is 7.43. The lowest BCUT2D eigenvalue weighted by Crippen LogP contribution is -2.17. The average Bonchev–Trinajstić information content (AvgIpc) is 3.02. The van der Waals surface area contributed by atoms with Crippen molar-refractivity contribution in [2.75, 3.05) is 18.0 Å². The van der Waals surface area contributed by atoms with Gasteiger partial charge < -0.3 is 4.90 Å². The molecule has 0 amide bonds. The van der Waals surface area contributed by atoms with Crippen molar-refractivity contribution >= 4 is 27.8 Å². The molecule has 2 aromatic heterocycles. The number of aromatic nitrogens is 2. The molecule has 0 atom stereocenters. The van der Waals surface area contributed by atoms with Gasteiger partial charge in [-0.1, -0.05) is 0 Å². The van der Waals surface area contributed by atoms with E-state index in [1.54, 1.807) is 22.7 Å². The third-order valence-corrected chi connectivity index (χ3v) is 4.05. The summed E-state index contributed by atoms with van der Waals surface area (Å²) >= 11 is 3.34. The van der Waals surface area contributed by atoms with Gasteiger partial charge >= 0.3 is 0 Å². The van der Waals surface area contributed by atoms with E-state index in [-0.39, 0.29) is 0 Å². The molecule has 3 rings (SSSR count). The highest BCUT2D eigenvalue weighted by molar-refractivity contribution is 7.14. The van der Waals surface area contributed by atoms with Crippen LogP contribution in [0.2, 0.25) is 0 Å². The molecule has 15 heavy (non-hydrogen) atoms. The summed E-state index contributed by atoms with van der Waals surface area (Å²) in [5.41, 5.74) is 3.87. The van der Waals surface area contributed by atoms with Crippen LogP contribution in [-0.2, 0) is 0 Å². The molecule has 78 valence electrons. The van der Waals surface area contributed by atoms with Gasteiger partial charge in [0.1, 0.15) is 11.4 Å². The van der Waals surface area contributed by atoms with Gasteiger partial charge in [-0.2, -0.15) is 0 Å². The van der Waals surface area contributed by atoms with Gasteiger partial charge in [0.25, 0.3) is 0 Å². The topological polar surface area (TPSA) is 29.0 Å². The van der Waals surface area contributed by atoms with Crippen LogP contribution in [0.4, 0.5) is 5.13 Å². The second kappa shape index (κ2) is 3.90. The lowest BCUT2D eigenvalue weighted by molar-refractivity contribution is 0.949. The summed E-state index contributed by atoms with van der Waals surface area (Å²) in [6.45, 7) is 2.31. The first-order valence-electron chi connectivity index (χ1n) is 5.02. The van der Waals surface area contributed by atoms with Gasteiger partial charge in [0.05, 0.1) is 5.51 Å². The molecule has 1 saturated heterocycles. The van der Waals surface area contributed by atoms with Gasteiger partial charge in [0.15, 0.2) is 5.13 Å². The monoisotopic (exact) mass is 237 g/mol. The van der Waals surface area contributed by atoms with Crippen LogP contribution in [0.25, 0.3) is 11.4 Å². The highest BCUT2D eigenvalue weighted by atomic mass is 32.1. The molecule has 0 aromatic carbocycles. The van der Waals surface area contributed by atoms with E-state index in [0.717, 1.165) is 29.6 Å². The second-order valence-corrected chi connectivity index (χ2v) is 5.14. The van der Waals surface area contributed by atoms with Crippen LogP contribution >= 0.6 is 22.7 Å². The zero-order valence-electron chi connectivity index (χ0n) is 8.22. The van der Waals surface area contributed by atoms with Crippen LogP contribution in [0.15, 0.2) is 16.3 Å². The Bertz CT molecular complexity index is 429. The van der Waals surface area contributed by atoms with Gasteiger partial charge in [-0.15, -0.1) is 22.7 Å². The van der Waals surface area contributed by atoms with Crippen molar-refractivity contribution in [1.82, 2.24) is 9.97 Å². The third-order valence-electron chi connectivity index (χ3n) is 2.56. The molecule has 1 aliphatic rings. The summed E-state index contributed by atoms with van der Waals surface area (Å²) in [7, 11) is 0. The molecule has 3 nitrogen and oxygen atoms in total. The normalized spacial score (nSPS) is 16.1. The zero-order chi connectivity index (χ0) is 10.1. The molecule has 0 unspecified atom stereocenters. The molecule has 3 heterocycles. The first-order valence-corrected chi connectivity index (χ1v) is 6.85. The van der Waals surface area contributed by atoms with Gasteiger partial charge in [0.2, 0.25) is 0 Å². The molecular formula is C10H11N3S2. The fourth-order valence-corrected chi connectivity index (χ4v) is 3.19. The van der Waals surface area contributed by atoms with E-state index in [4.69, 9.17) is 0 Å². The van der Waals surface area contributed by atoms with Crippen LogP contribution in [-0.4, -0.2) is 23.1 Å². The van der Waals surface area contributed by atoms with Crippen molar-refractivity contribution in [3.05, 3.63) is 16.3 Å². The molecule has 0 radical (unpaired) electrons. The van der Waals surface area contributed by atoms with E-state index < -0.39 is 0 Å². The Kier molecular flexibility index (Phi) is 2.42. The number of nitrogens with zero attached hydrogens (tertiary/aromatic N) is 3. The van der Waals surface area contributed by atoms with E-state index in [1.807, 2.05) is 10.9 Å². The lowest BCUT2D eigenvalue weighted by atomic mass is 10.4. The maximum absolute atomic E-state index is 4.62. The van der Waals surface area contributed by atoms with Crippen LogP contribution in [0.3, 0.4) is 0 Å². The van der Waals surface area contributed by atoms with Crippen molar-refractivity contribution in [2.24, 2.45) is 0 Å². The molecule has 0 N–H and O–H groups in total. The van der Waals surface area contributed by atoms with Crippen LogP contribution in [0.5, 0.6) is 0 Å².